The Morgan fingerprint density at radius 3 is 2.31 bits per heavy atom. The number of carbonyl (C=O) groups excluding carboxylic acids is 1. The van der Waals surface area contributed by atoms with E-state index in [1.54, 1.807) is 0 Å². The summed E-state index contributed by atoms with van der Waals surface area (Å²) in [6, 6.07) is 0. The molecule has 2 rings (SSSR count). The Morgan fingerprint density at radius 1 is 1.06 bits per heavy atom. The molecular weight excluding hydrogens is 222 g/mol. The highest BCUT2D eigenvalue weighted by Crippen LogP contribution is 2.31. The fourth-order valence-corrected chi connectivity index (χ4v) is 3.21. The zero-order chi connectivity index (χ0) is 11.4. The number of alkyl halides is 1. The van der Waals surface area contributed by atoms with Crippen molar-refractivity contribution in [3.8, 4) is 0 Å². The first-order chi connectivity index (χ1) is 7.81. The third kappa shape index (κ3) is 2.91. The average molecular weight is 244 g/mol. The van der Waals surface area contributed by atoms with Crippen LogP contribution in [0.4, 0.5) is 0 Å². The zero-order valence-corrected chi connectivity index (χ0v) is 10.6. The van der Waals surface area contributed by atoms with Crippen molar-refractivity contribution >= 4 is 17.5 Å². The van der Waals surface area contributed by atoms with Gasteiger partial charge in [-0.15, -0.1) is 11.6 Å². The van der Waals surface area contributed by atoms with E-state index in [9.17, 15) is 4.79 Å². The molecule has 0 bridgehead atoms. The van der Waals surface area contributed by atoms with Crippen LogP contribution < -0.4 is 5.32 Å². The molecule has 2 aliphatic carbocycles. The number of rotatable bonds is 4. The van der Waals surface area contributed by atoms with Crippen molar-refractivity contribution in [2.45, 2.75) is 44.9 Å². The van der Waals surface area contributed by atoms with Gasteiger partial charge in [-0.3, -0.25) is 4.79 Å². The third-order valence-corrected chi connectivity index (χ3v) is 4.68. The lowest BCUT2D eigenvalue weighted by atomic mass is 9.80. The van der Waals surface area contributed by atoms with Gasteiger partial charge in [-0.2, -0.15) is 0 Å². The van der Waals surface area contributed by atoms with Crippen molar-refractivity contribution in [3.05, 3.63) is 0 Å². The minimum Gasteiger partial charge on any atom is -0.356 e. The van der Waals surface area contributed by atoms with Gasteiger partial charge in [0.15, 0.2) is 0 Å². The molecule has 1 N–H and O–H groups in total. The lowest BCUT2D eigenvalue weighted by Gasteiger charge is -2.31. The van der Waals surface area contributed by atoms with E-state index in [1.165, 1.54) is 32.1 Å². The largest absolute Gasteiger partial charge is 0.356 e. The molecule has 2 aliphatic rings. The third-order valence-electron chi connectivity index (χ3n) is 4.28. The van der Waals surface area contributed by atoms with Crippen molar-refractivity contribution < 1.29 is 4.79 Å². The Balaban J connectivity index is 1.72. The van der Waals surface area contributed by atoms with Gasteiger partial charge in [0, 0.05) is 18.3 Å². The second-order valence-corrected chi connectivity index (χ2v) is 5.64. The molecule has 2 nitrogen and oxygen atoms in total. The topological polar surface area (TPSA) is 29.1 Å². The monoisotopic (exact) mass is 243 g/mol. The van der Waals surface area contributed by atoms with E-state index in [4.69, 9.17) is 11.6 Å². The Hall–Kier alpha value is -0.240. The first-order valence-electron chi connectivity index (χ1n) is 6.65. The van der Waals surface area contributed by atoms with E-state index in [0.29, 0.717) is 17.8 Å². The van der Waals surface area contributed by atoms with E-state index in [1.807, 2.05) is 0 Å². The summed E-state index contributed by atoms with van der Waals surface area (Å²) < 4.78 is 0. The normalized spacial score (nSPS) is 30.8. The molecule has 0 heterocycles. The Bertz CT molecular complexity index is 240. The Morgan fingerprint density at radius 2 is 1.75 bits per heavy atom. The van der Waals surface area contributed by atoms with Crippen LogP contribution in [0.2, 0.25) is 0 Å². The molecule has 16 heavy (non-hydrogen) atoms. The summed E-state index contributed by atoms with van der Waals surface area (Å²) in [5.74, 6) is 2.60. The van der Waals surface area contributed by atoms with Crippen LogP contribution in [0, 0.1) is 17.8 Å². The summed E-state index contributed by atoms with van der Waals surface area (Å²) in [5, 5.41) is 3.12. The van der Waals surface area contributed by atoms with E-state index >= 15 is 0 Å². The van der Waals surface area contributed by atoms with E-state index in [2.05, 4.69) is 5.32 Å². The van der Waals surface area contributed by atoms with Crippen LogP contribution in [0.15, 0.2) is 0 Å². The van der Waals surface area contributed by atoms with Gasteiger partial charge in [0.2, 0.25) is 5.91 Å². The van der Waals surface area contributed by atoms with Crippen LogP contribution >= 0.6 is 11.6 Å². The SMILES string of the molecule is O=C(NCC1CCCCC1CCl)C1CCC1. The standard InChI is InChI=1S/C13H22ClNO/c14-8-11-4-1-2-5-12(11)9-15-13(16)10-6-3-7-10/h10-12H,1-9H2,(H,15,16). The lowest BCUT2D eigenvalue weighted by Crippen LogP contribution is -2.39. The minimum atomic E-state index is 0.283. The second-order valence-electron chi connectivity index (χ2n) is 5.33. The number of amides is 1. The molecule has 0 aromatic carbocycles. The summed E-state index contributed by atoms with van der Waals surface area (Å²) in [6.45, 7) is 0.854. The van der Waals surface area contributed by atoms with Gasteiger partial charge in [-0.1, -0.05) is 19.3 Å². The highest BCUT2D eigenvalue weighted by molar-refractivity contribution is 6.18. The van der Waals surface area contributed by atoms with Crippen molar-refractivity contribution in [1.82, 2.24) is 5.32 Å². The molecule has 1 amide bonds. The molecule has 2 atom stereocenters. The molecule has 2 unspecified atom stereocenters. The first-order valence-corrected chi connectivity index (χ1v) is 7.18. The van der Waals surface area contributed by atoms with E-state index < -0.39 is 0 Å². The van der Waals surface area contributed by atoms with Gasteiger partial charge in [0.05, 0.1) is 0 Å². The van der Waals surface area contributed by atoms with E-state index in [0.717, 1.165) is 25.3 Å². The first kappa shape index (κ1) is 12.2. The van der Waals surface area contributed by atoms with Crippen LogP contribution in [0.5, 0.6) is 0 Å². The summed E-state index contributed by atoms with van der Waals surface area (Å²) >= 11 is 5.98. The molecule has 0 aromatic rings. The number of halogens is 1. The second kappa shape index (κ2) is 5.90. The molecule has 0 radical (unpaired) electrons. The Kier molecular flexibility index (Phi) is 4.51. The number of carbonyl (C=O) groups is 1. The van der Waals surface area contributed by atoms with Crippen molar-refractivity contribution in [3.63, 3.8) is 0 Å². The molecule has 0 aliphatic heterocycles. The molecular formula is C13H22ClNO. The lowest BCUT2D eigenvalue weighted by molar-refractivity contribution is -0.127. The van der Waals surface area contributed by atoms with Gasteiger partial charge < -0.3 is 5.32 Å². The fourth-order valence-electron chi connectivity index (χ4n) is 2.80. The molecule has 0 spiro atoms. The van der Waals surface area contributed by atoms with Crippen LogP contribution in [0.1, 0.15) is 44.9 Å². The van der Waals surface area contributed by atoms with Crippen LogP contribution in [-0.2, 0) is 4.79 Å². The number of hydrogen-bond donors (Lipinski definition) is 1. The van der Waals surface area contributed by atoms with Gasteiger partial charge in [0.25, 0.3) is 0 Å². The molecule has 2 fully saturated rings. The Labute approximate surface area is 103 Å². The van der Waals surface area contributed by atoms with Gasteiger partial charge >= 0.3 is 0 Å². The van der Waals surface area contributed by atoms with Gasteiger partial charge in [-0.25, -0.2) is 0 Å². The smallest absolute Gasteiger partial charge is 0.223 e. The predicted molar refractivity (Wildman–Crippen MR) is 66.5 cm³/mol. The van der Waals surface area contributed by atoms with Gasteiger partial charge in [0.1, 0.15) is 0 Å². The average Bonchev–Trinajstić information content (AvgIpc) is 2.24. The number of hydrogen-bond acceptors (Lipinski definition) is 1. The fraction of sp³-hybridized carbons (Fsp3) is 0.923. The maximum atomic E-state index is 11.7. The zero-order valence-electron chi connectivity index (χ0n) is 9.88. The molecule has 92 valence electrons. The van der Waals surface area contributed by atoms with Crippen LogP contribution in [-0.4, -0.2) is 18.3 Å². The summed E-state index contributed by atoms with van der Waals surface area (Å²) in [6.07, 6.45) is 8.51. The number of nitrogens with one attached hydrogen (secondary N) is 1. The molecule has 0 aromatic heterocycles. The predicted octanol–water partition coefficient (Wildman–Crippen LogP) is 2.95. The van der Waals surface area contributed by atoms with Gasteiger partial charge in [-0.05, 0) is 37.5 Å². The molecule has 3 heteroatoms. The van der Waals surface area contributed by atoms with Crippen LogP contribution in [0.25, 0.3) is 0 Å². The highest BCUT2D eigenvalue weighted by Gasteiger charge is 2.28. The van der Waals surface area contributed by atoms with Crippen molar-refractivity contribution in [1.29, 1.82) is 0 Å². The van der Waals surface area contributed by atoms with Crippen molar-refractivity contribution in [2.75, 3.05) is 12.4 Å². The maximum absolute atomic E-state index is 11.7. The van der Waals surface area contributed by atoms with Crippen LogP contribution in [0.3, 0.4) is 0 Å². The quantitative estimate of drug-likeness (QED) is 0.756. The highest BCUT2D eigenvalue weighted by atomic mass is 35.5. The van der Waals surface area contributed by atoms with E-state index in [-0.39, 0.29) is 5.91 Å². The summed E-state index contributed by atoms with van der Waals surface area (Å²) in [4.78, 5) is 11.7. The molecule has 0 saturated heterocycles. The maximum Gasteiger partial charge on any atom is 0.223 e. The summed E-state index contributed by atoms with van der Waals surface area (Å²) in [5.41, 5.74) is 0. The van der Waals surface area contributed by atoms with Crippen molar-refractivity contribution in [2.24, 2.45) is 17.8 Å². The summed E-state index contributed by atoms with van der Waals surface area (Å²) in [7, 11) is 0. The minimum absolute atomic E-state index is 0.283. The molecule has 2 saturated carbocycles.